The molecule has 1 aromatic rings. The SMILES string of the molecule is CN(c1cc(NN)nc(C2CC2)n1)C1CCCCC1O. The van der Waals surface area contributed by atoms with E-state index in [0.717, 1.165) is 50.2 Å². The Kier molecular flexibility index (Phi) is 3.76. The van der Waals surface area contributed by atoms with Gasteiger partial charge >= 0.3 is 0 Å². The van der Waals surface area contributed by atoms with Crippen LogP contribution in [0.15, 0.2) is 6.07 Å². The van der Waals surface area contributed by atoms with Gasteiger partial charge in [-0.1, -0.05) is 12.8 Å². The van der Waals surface area contributed by atoms with Crippen LogP contribution in [0.3, 0.4) is 0 Å². The number of hydrogen-bond donors (Lipinski definition) is 3. The van der Waals surface area contributed by atoms with Crippen molar-refractivity contribution in [2.24, 2.45) is 5.84 Å². The minimum absolute atomic E-state index is 0.135. The zero-order valence-electron chi connectivity index (χ0n) is 11.9. The van der Waals surface area contributed by atoms with Gasteiger partial charge in [-0.25, -0.2) is 15.8 Å². The maximum Gasteiger partial charge on any atom is 0.145 e. The molecule has 0 aliphatic heterocycles. The molecule has 2 aliphatic rings. The number of aromatic nitrogens is 2. The summed E-state index contributed by atoms with van der Waals surface area (Å²) in [5.41, 5.74) is 2.62. The smallest absolute Gasteiger partial charge is 0.145 e. The molecule has 2 saturated carbocycles. The monoisotopic (exact) mass is 277 g/mol. The first-order chi connectivity index (χ1) is 9.69. The lowest BCUT2D eigenvalue weighted by Gasteiger charge is -2.36. The first kappa shape index (κ1) is 13.6. The molecule has 2 atom stereocenters. The van der Waals surface area contributed by atoms with Gasteiger partial charge in [-0.3, -0.25) is 0 Å². The fourth-order valence-corrected chi connectivity index (χ4v) is 2.94. The second kappa shape index (κ2) is 5.54. The Morgan fingerprint density at radius 2 is 2.00 bits per heavy atom. The van der Waals surface area contributed by atoms with Crippen molar-refractivity contribution in [3.8, 4) is 0 Å². The number of rotatable bonds is 4. The molecule has 110 valence electrons. The Bertz CT molecular complexity index is 477. The van der Waals surface area contributed by atoms with Gasteiger partial charge in [0.1, 0.15) is 17.5 Å². The number of anilines is 2. The number of aliphatic hydroxyl groups is 1. The van der Waals surface area contributed by atoms with E-state index in [1.807, 2.05) is 13.1 Å². The van der Waals surface area contributed by atoms with Crippen LogP contribution in [0.1, 0.15) is 50.3 Å². The lowest BCUT2D eigenvalue weighted by Crippen LogP contribution is -2.44. The van der Waals surface area contributed by atoms with Gasteiger partial charge in [-0.2, -0.15) is 0 Å². The standard InChI is InChI=1S/C14H23N5O/c1-19(10-4-2-3-5-11(10)20)13-8-12(18-15)16-14(17-13)9-6-7-9/h8-11,20H,2-7,15H2,1H3,(H,16,17,18). The topological polar surface area (TPSA) is 87.3 Å². The van der Waals surface area contributed by atoms with Gasteiger partial charge < -0.3 is 15.4 Å². The van der Waals surface area contributed by atoms with Crippen LogP contribution in [-0.2, 0) is 0 Å². The summed E-state index contributed by atoms with van der Waals surface area (Å²) in [5, 5.41) is 10.2. The van der Waals surface area contributed by atoms with Crippen LogP contribution in [0.25, 0.3) is 0 Å². The van der Waals surface area contributed by atoms with Crippen LogP contribution in [0, 0.1) is 0 Å². The van der Waals surface area contributed by atoms with Gasteiger partial charge in [0.2, 0.25) is 0 Å². The number of nitrogens with zero attached hydrogens (tertiary/aromatic N) is 3. The Hall–Kier alpha value is -1.40. The summed E-state index contributed by atoms with van der Waals surface area (Å²) in [6, 6.07) is 1.99. The van der Waals surface area contributed by atoms with E-state index in [4.69, 9.17) is 5.84 Å². The number of hydrazine groups is 1. The average molecular weight is 277 g/mol. The average Bonchev–Trinajstić information content (AvgIpc) is 3.31. The number of nitrogens with one attached hydrogen (secondary N) is 1. The first-order valence-electron chi connectivity index (χ1n) is 7.45. The summed E-state index contributed by atoms with van der Waals surface area (Å²) in [6.45, 7) is 0. The summed E-state index contributed by atoms with van der Waals surface area (Å²) >= 11 is 0. The van der Waals surface area contributed by atoms with Crippen molar-refractivity contribution in [3.63, 3.8) is 0 Å². The molecule has 0 spiro atoms. The second-order valence-electron chi connectivity index (χ2n) is 5.92. The summed E-state index contributed by atoms with van der Waals surface area (Å²) in [4.78, 5) is 11.2. The van der Waals surface area contributed by atoms with Gasteiger partial charge in [0.05, 0.1) is 12.1 Å². The van der Waals surface area contributed by atoms with E-state index >= 15 is 0 Å². The van der Waals surface area contributed by atoms with E-state index in [9.17, 15) is 5.11 Å². The molecular weight excluding hydrogens is 254 g/mol. The third-order valence-corrected chi connectivity index (χ3v) is 4.37. The minimum atomic E-state index is -0.276. The van der Waals surface area contributed by atoms with Crippen LogP contribution in [0.2, 0.25) is 0 Å². The molecule has 1 heterocycles. The molecule has 6 heteroatoms. The number of nitrogens with two attached hydrogens (primary N) is 1. The van der Waals surface area contributed by atoms with Crippen molar-refractivity contribution in [2.75, 3.05) is 17.4 Å². The number of likely N-dealkylation sites (N-methyl/N-ethyl adjacent to an activating group) is 1. The van der Waals surface area contributed by atoms with Crippen molar-refractivity contribution in [2.45, 2.75) is 56.6 Å². The highest BCUT2D eigenvalue weighted by molar-refractivity contribution is 5.50. The summed E-state index contributed by atoms with van der Waals surface area (Å²) < 4.78 is 0. The molecule has 3 rings (SSSR count). The Balaban J connectivity index is 1.85. The normalized spacial score (nSPS) is 26.4. The molecule has 0 amide bonds. The predicted molar refractivity (Wildman–Crippen MR) is 78.5 cm³/mol. The third kappa shape index (κ3) is 2.71. The van der Waals surface area contributed by atoms with Crippen molar-refractivity contribution in [1.29, 1.82) is 0 Å². The highest BCUT2D eigenvalue weighted by atomic mass is 16.3. The zero-order valence-corrected chi connectivity index (χ0v) is 11.9. The van der Waals surface area contributed by atoms with E-state index in [1.165, 1.54) is 0 Å². The second-order valence-corrected chi connectivity index (χ2v) is 5.92. The van der Waals surface area contributed by atoms with Gasteiger partial charge in [0.25, 0.3) is 0 Å². The maximum atomic E-state index is 10.2. The first-order valence-corrected chi connectivity index (χ1v) is 7.45. The fourth-order valence-electron chi connectivity index (χ4n) is 2.94. The van der Waals surface area contributed by atoms with E-state index < -0.39 is 0 Å². The summed E-state index contributed by atoms with van der Waals surface area (Å²) in [5.74, 6) is 8.35. The van der Waals surface area contributed by atoms with Crippen molar-refractivity contribution < 1.29 is 5.11 Å². The van der Waals surface area contributed by atoms with Gasteiger partial charge in [-0.05, 0) is 25.7 Å². The highest BCUT2D eigenvalue weighted by Crippen LogP contribution is 2.39. The Morgan fingerprint density at radius 1 is 1.25 bits per heavy atom. The summed E-state index contributed by atoms with van der Waals surface area (Å²) in [7, 11) is 2.00. The molecule has 0 aromatic carbocycles. The van der Waals surface area contributed by atoms with E-state index in [0.29, 0.717) is 11.7 Å². The third-order valence-electron chi connectivity index (χ3n) is 4.37. The molecule has 2 fully saturated rings. The molecule has 0 bridgehead atoms. The number of nitrogen functional groups attached to an aromatic ring is 1. The van der Waals surface area contributed by atoms with Crippen LogP contribution in [0.5, 0.6) is 0 Å². The van der Waals surface area contributed by atoms with Gasteiger partial charge in [0, 0.05) is 19.0 Å². The summed E-state index contributed by atoms with van der Waals surface area (Å²) in [6.07, 6.45) is 6.19. The lowest BCUT2D eigenvalue weighted by molar-refractivity contribution is 0.106. The molecule has 0 saturated heterocycles. The van der Waals surface area contributed by atoms with Crippen molar-refractivity contribution in [1.82, 2.24) is 9.97 Å². The van der Waals surface area contributed by atoms with Crippen LogP contribution in [0.4, 0.5) is 11.6 Å². The molecule has 0 radical (unpaired) electrons. The molecule has 2 aliphatic carbocycles. The molecule has 20 heavy (non-hydrogen) atoms. The van der Waals surface area contributed by atoms with Gasteiger partial charge in [0.15, 0.2) is 0 Å². The lowest BCUT2D eigenvalue weighted by atomic mass is 9.91. The molecule has 6 nitrogen and oxygen atoms in total. The van der Waals surface area contributed by atoms with E-state index in [2.05, 4.69) is 20.3 Å². The van der Waals surface area contributed by atoms with E-state index in [1.54, 1.807) is 0 Å². The van der Waals surface area contributed by atoms with Crippen LogP contribution < -0.4 is 16.2 Å². The maximum absolute atomic E-state index is 10.2. The van der Waals surface area contributed by atoms with Crippen molar-refractivity contribution in [3.05, 3.63) is 11.9 Å². The molecule has 4 N–H and O–H groups in total. The number of aliphatic hydroxyl groups excluding tert-OH is 1. The fraction of sp³-hybridized carbons (Fsp3) is 0.714. The Labute approximate surface area is 119 Å². The zero-order chi connectivity index (χ0) is 14.1. The molecule has 2 unspecified atom stereocenters. The van der Waals surface area contributed by atoms with Gasteiger partial charge in [-0.15, -0.1) is 0 Å². The predicted octanol–water partition coefficient (Wildman–Crippen LogP) is 1.38. The van der Waals surface area contributed by atoms with Crippen LogP contribution in [-0.4, -0.2) is 34.3 Å². The van der Waals surface area contributed by atoms with E-state index in [-0.39, 0.29) is 12.1 Å². The molecule has 1 aromatic heterocycles. The highest BCUT2D eigenvalue weighted by Gasteiger charge is 2.30. The van der Waals surface area contributed by atoms with Crippen molar-refractivity contribution >= 4 is 11.6 Å². The minimum Gasteiger partial charge on any atom is -0.391 e. The largest absolute Gasteiger partial charge is 0.391 e. The van der Waals surface area contributed by atoms with Crippen LogP contribution >= 0.6 is 0 Å². The molecular formula is C14H23N5O. The quantitative estimate of drug-likeness (QED) is 0.569. The number of hydrogen-bond acceptors (Lipinski definition) is 6. The Morgan fingerprint density at radius 3 is 2.65 bits per heavy atom.